The van der Waals surface area contributed by atoms with Crippen LogP contribution in [0.25, 0.3) is 0 Å². The molecule has 2 atom stereocenters. The summed E-state index contributed by atoms with van der Waals surface area (Å²) in [4.78, 5) is 13.2. The van der Waals surface area contributed by atoms with Gasteiger partial charge in [-0.25, -0.2) is 4.79 Å². The summed E-state index contributed by atoms with van der Waals surface area (Å²) in [5, 5.41) is 0. The van der Waals surface area contributed by atoms with E-state index in [1.165, 1.54) is 81.8 Å². The van der Waals surface area contributed by atoms with Gasteiger partial charge in [-0.2, -0.15) is 0 Å². The molecular formula is C35H56NO3+. The monoisotopic (exact) mass is 538 g/mol. The van der Waals surface area contributed by atoms with Crippen molar-refractivity contribution >= 4 is 5.97 Å². The molecular weight excluding hydrogens is 482 g/mol. The number of esters is 1. The van der Waals surface area contributed by atoms with Gasteiger partial charge in [0.2, 0.25) is 6.29 Å². The second-order valence-corrected chi connectivity index (χ2v) is 11.8. The Morgan fingerprint density at radius 3 is 1.85 bits per heavy atom. The van der Waals surface area contributed by atoms with E-state index < -0.39 is 6.29 Å². The number of hydrogen-bond donors (Lipinski definition) is 0. The minimum Gasteiger partial charge on any atom is -0.455 e. The van der Waals surface area contributed by atoms with Gasteiger partial charge in [-0.15, -0.1) is 0 Å². The molecule has 0 spiro atoms. The van der Waals surface area contributed by atoms with Crippen molar-refractivity contribution in [2.24, 2.45) is 0 Å². The summed E-state index contributed by atoms with van der Waals surface area (Å²) in [6.45, 7) is 6.97. The SMILES string of the molecule is CCCCCCCCCCCCCc1ccc(OC(C)OC(=O)C(CCC)[N+](C)(C)Cc2ccccc2)cc1. The van der Waals surface area contributed by atoms with Crippen LogP contribution in [0.1, 0.15) is 115 Å². The minimum atomic E-state index is -0.633. The quantitative estimate of drug-likeness (QED) is 0.0687. The fraction of sp³-hybridized carbons (Fsp3) is 0.629. The Labute approximate surface area is 239 Å². The fourth-order valence-electron chi connectivity index (χ4n) is 5.38. The largest absolute Gasteiger partial charge is 0.455 e. The van der Waals surface area contributed by atoms with E-state index in [2.05, 4.69) is 52.2 Å². The zero-order valence-corrected chi connectivity index (χ0v) is 25.6. The first-order chi connectivity index (χ1) is 18.9. The van der Waals surface area contributed by atoms with Crippen LogP contribution >= 0.6 is 0 Å². The summed E-state index contributed by atoms with van der Waals surface area (Å²) < 4.78 is 12.3. The molecule has 2 rings (SSSR count). The van der Waals surface area contributed by atoms with Gasteiger partial charge in [-0.1, -0.05) is 121 Å². The first-order valence-corrected chi connectivity index (χ1v) is 15.7. The maximum atomic E-state index is 13.2. The third-order valence-electron chi connectivity index (χ3n) is 7.69. The van der Waals surface area contributed by atoms with Gasteiger partial charge in [0.05, 0.1) is 14.1 Å². The number of carbonyl (C=O) groups excluding carboxylic acids is 1. The maximum Gasteiger partial charge on any atom is 0.368 e. The Balaban J connectivity index is 1.70. The summed E-state index contributed by atoms with van der Waals surface area (Å²) in [6.07, 6.45) is 17.2. The van der Waals surface area contributed by atoms with E-state index in [-0.39, 0.29) is 12.0 Å². The highest BCUT2D eigenvalue weighted by molar-refractivity contribution is 5.74. The molecule has 2 aromatic rings. The second kappa shape index (κ2) is 18.9. The van der Waals surface area contributed by atoms with Crippen molar-refractivity contribution in [3.05, 3.63) is 65.7 Å². The number of nitrogens with zero attached hydrogens (tertiary/aromatic N) is 1. The van der Waals surface area contributed by atoms with Crippen molar-refractivity contribution in [3.63, 3.8) is 0 Å². The highest BCUT2D eigenvalue weighted by atomic mass is 16.7. The third-order valence-corrected chi connectivity index (χ3v) is 7.69. The number of aryl methyl sites for hydroxylation is 1. The summed E-state index contributed by atoms with van der Waals surface area (Å²) >= 11 is 0. The molecule has 218 valence electrons. The lowest BCUT2D eigenvalue weighted by Gasteiger charge is -2.37. The molecule has 0 saturated heterocycles. The molecule has 39 heavy (non-hydrogen) atoms. The zero-order valence-electron chi connectivity index (χ0n) is 25.6. The van der Waals surface area contributed by atoms with Crippen molar-refractivity contribution in [1.82, 2.24) is 0 Å². The number of ether oxygens (including phenoxy) is 2. The Morgan fingerprint density at radius 2 is 1.28 bits per heavy atom. The van der Waals surface area contributed by atoms with Crippen LogP contribution in [0.15, 0.2) is 54.6 Å². The van der Waals surface area contributed by atoms with Gasteiger partial charge in [0.15, 0.2) is 6.04 Å². The number of hydrogen-bond acceptors (Lipinski definition) is 3. The number of likely N-dealkylation sites (N-methyl/N-ethyl adjacent to an activating group) is 1. The number of quaternary nitrogens is 1. The molecule has 0 aromatic heterocycles. The van der Waals surface area contributed by atoms with Crippen molar-refractivity contribution in [1.29, 1.82) is 0 Å². The van der Waals surface area contributed by atoms with Gasteiger partial charge in [0.25, 0.3) is 0 Å². The first-order valence-electron chi connectivity index (χ1n) is 15.7. The molecule has 0 heterocycles. The molecule has 2 aromatic carbocycles. The Hall–Kier alpha value is -2.33. The minimum absolute atomic E-state index is 0.196. The highest BCUT2D eigenvalue weighted by Gasteiger charge is 2.36. The van der Waals surface area contributed by atoms with E-state index in [0.717, 1.165) is 31.6 Å². The fourth-order valence-corrected chi connectivity index (χ4v) is 5.38. The van der Waals surface area contributed by atoms with Gasteiger partial charge >= 0.3 is 5.97 Å². The van der Waals surface area contributed by atoms with Gasteiger partial charge in [-0.05, 0) is 37.0 Å². The van der Waals surface area contributed by atoms with Crippen LogP contribution in [0.3, 0.4) is 0 Å². The smallest absolute Gasteiger partial charge is 0.368 e. The summed E-state index contributed by atoms with van der Waals surface area (Å²) in [5.41, 5.74) is 2.56. The van der Waals surface area contributed by atoms with E-state index in [4.69, 9.17) is 9.47 Å². The number of unbranched alkanes of at least 4 members (excludes halogenated alkanes) is 10. The summed E-state index contributed by atoms with van der Waals surface area (Å²) in [6, 6.07) is 18.4. The molecule has 0 saturated carbocycles. The standard InChI is InChI=1S/C35H56NO3/c1-6-8-9-10-11-12-13-14-15-16-18-22-31-25-27-33(28-26-31)38-30(3)39-35(37)34(21-7-2)36(4,5)29-32-23-19-17-20-24-32/h17,19-20,23-28,30,34H,6-16,18,21-22,29H2,1-5H3/q+1. The molecule has 0 radical (unpaired) electrons. The molecule has 4 heteroatoms. The Morgan fingerprint density at radius 1 is 0.718 bits per heavy atom. The molecule has 0 aliphatic heterocycles. The molecule has 0 fully saturated rings. The van der Waals surface area contributed by atoms with Crippen LogP contribution in [0.4, 0.5) is 0 Å². The van der Waals surface area contributed by atoms with E-state index in [0.29, 0.717) is 4.48 Å². The molecule has 0 aliphatic rings. The zero-order chi connectivity index (χ0) is 28.3. The van der Waals surface area contributed by atoms with Crippen molar-refractivity contribution in [2.45, 2.75) is 130 Å². The molecule has 0 aliphatic carbocycles. The molecule has 0 amide bonds. The molecule has 4 nitrogen and oxygen atoms in total. The average molecular weight is 539 g/mol. The predicted molar refractivity (Wildman–Crippen MR) is 164 cm³/mol. The molecule has 0 N–H and O–H groups in total. The van der Waals surface area contributed by atoms with E-state index in [1.54, 1.807) is 6.92 Å². The number of benzene rings is 2. The van der Waals surface area contributed by atoms with Crippen LogP contribution in [0.5, 0.6) is 5.75 Å². The van der Waals surface area contributed by atoms with Crippen molar-refractivity contribution < 1.29 is 18.8 Å². The van der Waals surface area contributed by atoms with Crippen molar-refractivity contribution in [2.75, 3.05) is 14.1 Å². The second-order valence-electron chi connectivity index (χ2n) is 11.8. The van der Waals surface area contributed by atoms with E-state index in [9.17, 15) is 4.79 Å². The Bertz CT molecular complexity index is 894. The maximum absolute atomic E-state index is 13.2. The predicted octanol–water partition coefficient (Wildman–Crippen LogP) is 9.25. The number of rotatable bonds is 21. The van der Waals surface area contributed by atoms with E-state index in [1.807, 2.05) is 30.3 Å². The average Bonchev–Trinajstić information content (AvgIpc) is 2.91. The lowest BCUT2D eigenvalue weighted by atomic mass is 10.0. The van der Waals surface area contributed by atoms with Crippen LogP contribution in [0, 0.1) is 0 Å². The van der Waals surface area contributed by atoms with Crippen LogP contribution in [-0.2, 0) is 22.5 Å². The highest BCUT2D eigenvalue weighted by Crippen LogP contribution is 2.21. The lowest BCUT2D eigenvalue weighted by molar-refractivity contribution is -0.920. The van der Waals surface area contributed by atoms with Gasteiger partial charge in [0.1, 0.15) is 12.3 Å². The number of carbonyl (C=O) groups is 1. The van der Waals surface area contributed by atoms with E-state index >= 15 is 0 Å². The van der Waals surface area contributed by atoms with Crippen LogP contribution in [-0.4, -0.2) is 36.9 Å². The lowest BCUT2D eigenvalue weighted by Crippen LogP contribution is -2.53. The van der Waals surface area contributed by atoms with Gasteiger partial charge in [0, 0.05) is 18.9 Å². The normalized spacial score (nSPS) is 13.2. The Kier molecular flexibility index (Phi) is 15.9. The summed E-state index contributed by atoms with van der Waals surface area (Å²) in [5.74, 6) is 0.543. The van der Waals surface area contributed by atoms with Crippen molar-refractivity contribution in [3.8, 4) is 5.75 Å². The molecule has 0 bridgehead atoms. The first kappa shape index (κ1) is 32.9. The van der Waals surface area contributed by atoms with Crippen LogP contribution < -0.4 is 4.74 Å². The van der Waals surface area contributed by atoms with Gasteiger partial charge < -0.3 is 14.0 Å². The topological polar surface area (TPSA) is 35.5 Å². The van der Waals surface area contributed by atoms with Crippen LogP contribution in [0.2, 0.25) is 0 Å². The van der Waals surface area contributed by atoms with Gasteiger partial charge in [-0.3, -0.25) is 0 Å². The third kappa shape index (κ3) is 13.5. The summed E-state index contributed by atoms with van der Waals surface area (Å²) in [7, 11) is 4.21. The molecule has 2 unspecified atom stereocenters.